The standard InChI is InChI=1S/C5H10O2.8C4H8O/c6-4-5-2-1-3-7-5;8*1-2-4-5-3-1/h5-6H,1-4H2;8*1-4H2. The Morgan fingerprint density at radius 2 is 0.468 bits per heavy atom. The Bertz CT molecular complexity index is 352. The molecule has 1 atom stereocenters. The van der Waals surface area contributed by atoms with Gasteiger partial charge in [-0.25, -0.2) is 0 Å². The van der Waals surface area contributed by atoms with Crippen molar-refractivity contribution in [3.05, 3.63) is 0 Å². The molecule has 0 bridgehead atoms. The highest BCUT2D eigenvalue weighted by Crippen LogP contribution is 2.10. The smallest absolute Gasteiger partial charge is 0.0806 e. The summed E-state index contributed by atoms with van der Waals surface area (Å²) in [5.74, 6) is 0. The fraction of sp³-hybridized carbons (Fsp3) is 1.00. The average Bonchev–Trinajstić information content (AvgIpc) is 4.05. The average molecular weight is 679 g/mol. The first-order chi connectivity index (χ1) is 23.4. The van der Waals surface area contributed by atoms with Crippen LogP contribution in [0, 0.1) is 0 Å². The fourth-order valence-electron chi connectivity index (χ4n) is 4.87. The molecule has 10 heteroatoms. The second-order valence-electron chi connectivity index (χ2n) is 12.4. The second-order valence-corrected chi connectivity index (χ2v) is 12.4. The van der Waals surface area contributed by atoms with Crippen molar-refractivity contribution in [1.82, 2.24) is 0 Å². The topological polar surface area (TPSA) is 103 Å². The molecular weight excluding hydrogens is 604 g/mol. The molecule has 9 fully saturated rings. The molecule has 0 aromatic rings. The lowest BCUT2D eigenvalue weighted by Gasteiger charge is -2.00. The molecule has 1 unspecified atom stereocenters. The molecule has 9 rings (SSSR count). The van der Waals surface area contributed by atoms with Crippen molar-refractivity contribution in [3.8, 4) is 0 Å². The summed E-state index contributed by atoms with van der Waals surface area (Å²) in [6.07, 6.45) is 22.8. The molecular formula is C37H74O10. The summed E-state index contributed by atoms with van der Waals surface area (Å²) in [7, 11) is 0. The van der Waals surface area contributed by atoms with Crippen molar-refractivity contribution < 1.29 is 47.7 Å². The van der Waals surface area contributed by atoms with E-state index in [1.165, 1.54) is 103 Å². The number of rotatable bonds is 1. The van der Waals surface area contributed by atoms with Gasteiger partial charge in [0.15, 0.2) is 0 Å². The van der Waals surface area contributed by atoms with E-state index in [2.05, 4.69) is 0 Å². The van der Waals surface area contributed by atoms with Crippen molar-refractivity contribution in [2.24, 2.45) is 0 Å². The van der Waals surface area contributed by atoms with Crippen LogP contribution in [0.15, 0.2) is 0 Å². The minimum atomic E-state index is 0.153. The summed E-state index contributed by atoms with van der Waals surface area (Å²) in [5, 5.41) is 8.44. The predicted molar refractivity (Wildman–Crippen MR) is 186 cm³/mol. The van der Waals surface area contributed by atoms with Crippen LogP contribution in [0.2, 0.25) is 0 Å². The van der Waals surface area contributed by atoms with E-state index < -0.39 is 0 Å². The van der Waals surface area contributed by atoms with Crippen LogP contribution in [-0.2, 0) is 42.6 Å². The lowest BCUT2D eigenvalue weighted by atomic mass is 10.2. The molecule has 1 N–H and O–H groups in total. The number of ether oxygens (including phenoxy) is 9. The molecule has 9 aliphatic rings. The van der Waals surface area contributed by atoms with Gasteiger partial charge >= 0.3 is 0 Å². The summed E-state index contributed by atoms with van der Waals surface area (Å²) in [4.78, 5) is 0. The summed E-state index contributed by atoms with van der Waals surface area (Å²) in [6.45, 7) is 17.0. The van der Waals surface area contributed by atoms with Gasteiger partial charge in [-0.05, 0) is 116 Å². The summed E-state index contributed by atoms with van der Waals surface area (Å²) in [6, 6.07) is 0. The van der Waals surface area contributed by atoms with Gasteiger partial charge in [0.1, 0.15) is 0 Å². The van der Waals surface area contributed by atoms with Gasteiger partial charge in [-0.2, -0.15) is 0 Å². The first-order valence-corrected chi connectivity index (χ1v) is 19.3. The first-order valence-electron chi connectivity index (χ1n) is 19.3. The molecule has 0 aromatic heterocycles. The minimum absolute atomic E-state index is 0.153. The van der Waals surface area contributed by atoms with Crippen LogP contribution in [0.3, 0.4) is 0 Å². The molecule has 0 aromatic carbocycles. The quantitative estimate of drug-likeness (QED) is 0.329. The van der Waals surface area contributed by atoms with Crippen LogP contribution < -0.4 is 0 Å². The van der Waals surface area contributed by atoms with Gasteiger partial charge in [0.2, 0.25) is 0 Å². The molecule has 47 heavy (non-hydrogen) atoms. The number of aliphatic hydroxyl groups is 1. The van der Waals surface area contributed by atoms with Crippen LogP contribution in [0.5, 0.6) is 0 Å². The molecule has 9 heterocycles. The maximum Gasteiger partial charge on any atom is 0.0806 e. The summed E-state index contributed by atoms with van der Waals surface area (Å²) < 4.78 is 44.6. The molecule has 9 aliphatic heterocycles. The Morgan fingerprint density at radius 3 is 0.532 bits per heavy atom. The largest absolute Gasteiger partial charge is 0.394 e. The van der Waals surface area contributed by atoms with Crippen molar-refractivity contribution in [3.63, 3.8) is 0 Å². The number of hydrogen-bond donors (Lipinski definition) is 1. The molecule has 0 saturated carbocycles. The van der Waals surface area contributed by atoms with Gasteiger partial charge in [-0.15, -0.1) is 0 Å². The Kier molecular flexibility index (Phi) is 38.0. The van der Waals surface area contributed by atoms with Crippen molar-refractivity contribution in [2.45, 2.75) is 122 Å². The van der Waals surface area contributed by atoms with E-state index >= 15 is 0 Å². The zero-order valence-electron chi connectivity index (χ0n) is 30.2. The highest BCUT2D eigenvalue weighted by molar-refractivity contribution is 4.61. The molecule has 9 saturated heterocycles. The number of hydrogen-bond acceptors (Lipinski definition) is 10. The molecule has 0 spiro atoms. The third-order valence-corrected chi connectivity index (χ3v) is 7.85. The zero-order valence-corrected chi connectivity index (χ0v) is 30.2. The SMILES string of the molecule is C1CCOC1.C1CCOC1.C1CCOC1.C1CCOC1.C1CCOC1.C1CCOC1.C1CCOC1.C1CCOC1.OCC1CCCO1. The Hall–Kier alpha value is -0.400. The third-order valence-electron chi connectivity index (χ3n) is 7.85. The third kappa shape index (κ3) is 36.7. The number of aliphatic hydroxyl groups excluding tert-OH is 1. The van der Waals surface area contributed by atoms with E-state index in [9.17, 15) is 0 Å². The zero-order chi connectivity index (χ0) is 33.4. The van der Waals surface area contributed by atoms with E-state index in [0.29, 0.717) is 0 Å². The van der Waals surface area contributed by atoms with Gasteiger partial charge in [-0.1, -0.05) is 0 Å². The van der Waals surface area contributed by atoms with Crippen molar-refractivity contribution in [1.29, 1.82) is 0 Å². The lowest BCUT2D eigenvalue weighted by molar-refractivity contribution is 0.0591. The van der Waals surface area contributed by atoms with Gasteiger partial charge in [0.05, 0.1) is 12.7 Å². The first kappa shape index (κ1) is 44.6. The van der Waals surface area contributed by atoms with E-state index in [-0.39, 0.29) is 12.7 Å². The van der Waals surface area contributed by atoms with E-state index in [4.69, 9.17) is 47.7 Å². The molecule has 282 valence electrons. The van der Waals surface area contributed by atoms with Gasteiger partial charge in [0, 0.05) is 112 Å². The lowest BCUT2D eigenvalue weighted by Crippen LogP contribution is -2.09. The highest BCUT2D eigenvalue weighted by atomic mass is 16.5. The molecule has 10 nitrogen and oxygen atoms in total. The fourth-order valence-corrected chi connectivity index (χ4v) is 4.87. The Balaban J connectivity index is 0.000000265. The van der Waals surface area contributed by atoms with E-state index in [1.807, 2.05) is 0 Å². The van der Waals surface area contributed by atoms with Gasteiger partial charge in [0.25, 0.3) is 0 Å². The molecule has 0 radical (unpaired) electrons. The Morgan fingerprint density at radius 1 is 0.277 bits per heavy atom. The van der Waals surface area contributed by atoms with E-state index in [0.717, 1.165) is 125 Å². The van der Waals surface area contributed by atoms with Crippen molar-refractivity contribution in [2.75, 3.05) is 119 Å². The molecule has 0 amide bonds. The highest BCUT2D eigenvalue weighted by Gasteiger charge is 2.12. The van der Waals surface area contributed by atoms with Crippen LogP contribution in [0.25, 0.3) is 0 Å². The summed E-state index contributed by atoms with van der Waals surface area (Å²) >= 11 is 0. The summed E-state index contributed by atoms with van der Waals surface area (Å²) in [5.41, 5.74) is 0. The molecule has 0 aliphatic carbocycles. The van der Waals surface area contributed by atoms with E-state index in [1.54, 1.807) is 0 Å². The Labute approximate surface area is 288 Å². The van der Waals surface area contributed by atoms with Crippen molar-refractivity contribution >= 4 is 0 Å². The maximum atomic E-state index is 8.44. The van der Waals surface area contributed by atoms with Crippen LogP contribution in [0.4, 0.5) is 0 Å². The van der Waals surface area contributed by atoms with Gasteiger partial charge < -0.3 is 47.7 Å². The van der Waals surface area contributed by atoms with Crippen LogP contribution in [0.1, 0.15) is 116 Å². The minimum Gasteiger partial charge on any atom is -0.394 e. The van der Waals surface area contributed by atoms with Crippen LogP contribution in [-0.4, -0.2) is 130 Å². The maximum absolute atomic E-state index is 8.44. The monoisotopic (exact) mass is 679 g/mol. The van der Waals surface area contributed by atoms with Crippen LogP contribution >= 0.6 is 0 Å². The second kappa shape index (κ2) is 40.0. The van der Waals surface area contributed by atoms with Gasteiger partial charge in [-0.3, -0.25) is 0 Å². The predicted octanol–water partition coefficient (Wildman–Crippen LogP) is 6.53. The normalized spacial score (nSPS) is 25.1.